The number of amides is 1. The molecule has 0 spiro atoms. The fourth-order valence-electron chi connectivity index (χ4n) is 2.46. The monoisotopic (exact) mass is 261 g/mol. The van der Waals surface area contributed by atoms with Crippen LogP contribution >= 0.6 is 0 Å². The predicted octanol–water partition coefficient (Wildman–Crippen LogP) is 1.36. The lowest BCUT2D eigenvalue weighted by atomic mass is 9.95. The van der Waals surface area contributed by atoms with Crippen LogP contribution in [0.5, 0.6) is 0 Å². The lowest BCUT2D eigenvalue weighted by Gasteiger charge is -2.08. The molecule has 2 atom stereocenters. The minimum Gasteiger partial charge on any atom is -0.464 e. The molecule has 0 aromatic heterocycles. The van der Waals surface area contributed by atoms with E-state index >= 15 is 0 Å². The molecule has 1 fully saturated rings. The van der Waals surface area contributed by atoms with E-state index in [-0.39, 0.29) is 11.9 Å². The molecular weight excluding hydrogens is 246 g/mol. The maximum absolute atomic E-state index is 11.7. The van der Waals surface area contributed by atoms with Crippen molar-refractivity contribution in [1.82, 2.24) is 0 Å². The van der Waals surface area contributed by atoms with Gasteiger partial charge in [0.2, 0.25) is 5.91 Å². The van der Waals surface area contributed by atoms with Crippen molar-refractivity contribution in [2.75, 3.05) is 11.9 Å². The van der Waals surface area contributed by atoms with Gasteiger partial charge in [-0.2, -0.15) is 0 Å². The largest absolute Gasteiger partial charge is 0.464 e. The maximum Gasteiger partial charge on any atom is 0.338 e. The Morgan fingerprint density at radius 2 is 2.37 bits per heavy atom. The molecule has 1 saturated heterocycles. The quantitative estimate of drug-likeness (QED) is 0.659. The van der Waals surface area contributed by atoms with Gasteiger partial charge in [-0.3, -0.25) is 4.79 Å². The van der Waals surface area contributed by atoms with E-state index in [0.717, 1.165) is 16.8 Å². The van der Waals surface area contributed by atoms with E-state index in [1.54, 1.807) is 6.92 Å². The Labute approximate surface area is 110 Å². The van der Waals surface area contributed by atoms with E-state index in [1.165, 1.54) is 0 Å². The zero-order valence-electron chi connectivity index (χ0n) is 10.9. The van der Waals surface area contributed by atoms with Crippen molar-refractivity contribution in [3.8, 4) is 0 Å². The second-order valence-electron chi connectivity index (χ2n) is 4.95. The first-order chi connectivity index (χ1) is 9.04. The lowest BCUT2D eigenvalue weighted by molar-refractivity contribution is -0.144. The van der Waals surface area contributed by atoms with Gasteiger partial charge in [-0.1, -0.05) is 12.1 Å². The van der Waals surface area contributed by atoms with Gasteiger partial charge < -0.3 is 14.8 Å². The Bertz CT molecular complexity index is 569. The number of carbonyl (C=O) groups excluding carboxylic acids is 2. The highest BCUT2D eigenvalue weighted by Gasteiger charge is 2.59. The topological polar surface area (TPSA) is 67.9 Å². The van der Waals surface area contributed by atoms with Gasteiger partial charge in [0.15, 0.2) is 6.10 Å². The third-order valence-corrected chi connectivity index (χ3v) is 3.61. The number of nitrogens with one attached hydrogen (secondary N) is 1. The second kappa shape index (κ2) is 4.06. The number of esters is 1. The molecule has 5 heteroatoms. The van der Waals surface area contributed by atoms with E-state index < -0.39 is 11.7 Å². The first-order valence-electron chi connectivity index (χ1n) is 6.32. The number of carbonyl (C=O) groups is 2. The molecule has 3 rings (SSSR count). The summed E-state index contributed by atoms with van der Waals surface area (Å²) in [5, 5.41) is 2.78. The number of hydrogen-bond acceptors (Lipinski definition) is 4. The van der Waals surface area contributed by atoms with Gasteiger partial charge in [0.05, 0.1) is 13.0 Å². The minimum atomic E-state index is -0.632. The van der Waals surface area contributed by atoms with Crippen LogP contribution in [-0.2, 0) is 31.1 Å². The number of anilines is 1. The van der Waals surface area contributed by atoms with Crippen LogP contribution in [0.2, 0.25) is 0 Å². The van der Waals surface area contributed by atoms with E-state index in [4.69, 9.17) is 9.47 Å². The summed E-state index contributed by atoms with van der Waals surface area (Å²) in [4.78, 5) is 23.0. The second-order valence-corrected chi connectivity index (χ2v) is 4.95. The maximum atomic E-state index is 11.7. The number of benzene rings is 1. The number of epoxide rings is 1. The van der Waals surface area contributed by atoms with Crippen molar-refractivity contribution in [2.45, 2.75) is 32.0 Å². The van der Waals surface area contributed by atoms with Crippen LogP contribution in [-0.4, -0.2) is 24.6 Å². The first kappa shape index (κ1) is 12.2. The smallest absolute Gasteiger partial charge is 0.338 e. The summed E-state index contributed by atoms with van der Waals surface area (Å²) in [6.45, 7) is 3.97. The summed E-state index contributed by atoms with van der Waals surface area (Å²) in [5.41, 5.74) is 2.06. The molecule has 0 bridgehead atoms. The third kappa shape index (κ3) is 1.90. The van der Waals surface area contributed by atoms with Crippen LogP contribution in [0.3, 0.4) is 0 Å². The van der Waals surface area contributed by atoms with Crippen LogP contribution in [0, 0.1) is 0 Å². The highest BCUT2D eigenvalue weighted by molar-refractivity contribution is 5.99. The summed E-state index contributed by atoms with van der Waals surface area (Å²) in [6.07, 6.45) is -0.167. The van der Waals surface area contributed by atoms with Gasteiger partial charge in [0.25, 0.3) is 0 Å². The van der Waals surface area contributed by atoms with Crippen LogP contribution in [0.4, 0.5) is 5.69 Å². The number of hydrogen-bond donors (Lipinski definition) is 1. The van der Waals surface area contributed by atoms with Crippen LogP contribution < -0.4 is 5.32 Å². The Morgan fingerprint density at radius 3 is 3.11 bits per heavy atom. The average Bonchev–Trinajstić information content (AvgIpc) is 2.92. The summed E-state index contributed by atoms with van der Waals surface area (Å²) >= 11 is 0. The molecule has 1 aromatic carbocycles. The van der Waals surface area contributed by atoms with Crippen molar-refractivity contribution < 1.29 is 19.1 Å². The SMILES string of the molecule is CCOC(=O)C1OC1(C)c1ccc2c(c1)CC(=O)N2. The molecule has 2 aliphatic rings. The summed E-state index contributed by atoms with van der Waals surface area (Å²) in [7, 11) is 0. The Kier molecular flexibility index (Phi) is 2.60. The van der Waals surface area contributed by atoms with Crippen LogP contribution in [0.15, 0.2) is 18.2 Å². The van der Waals surface area contributed by atoms with Gasteiger partial charge in [-0.25, -0.2) is 4.79 Å². The average molecular weight is 261 g/mol. The fraction of sp³-hybridized carbons (Fsp3) is 0.429. The molecule has 5 nitrogen and oxygen atoms in total. The normalized spacial score (nSPS) is 27.7. The fourth-order valence-corrected chi connectivity index (χ4v) is 2.46. The molecule has 2 heterocycles. The lowest BCUT2D eigenvalue weighted by Crippen LogP contribution is -2.18. The zero-order valence-corrected chi connectivity index (χ0v) is 10.9. The van der Waals surface area contributed by atoms with Crippen molar-refractivity contribution in [1.29, 1.82) is 0 Å². The third-order valence-electron chi connectivity index (χ3n) is 3.61. The minimum absolute atomic E-state index is 0.00374. The molecular formula is C14H15NO4. The number of fused-ring (bicyclic) bond motifs is 1. The van der Waals surface area contributed by atoms with Gasteiger partial charge in [-0.15, -0.1) is 0 Å². The Balaban J connectivity index is 1.83. The van der Waals surface area contributed by atoms with Gasteiger partial charge in [0, 0.05) is 5.69 Å². The molecule has 100 valence electrons. The van der Waals surface area contributed by atoms with E-state index in [0.29, 0.717) is 13.0 Å². The molecule has 0 saturated carbocycles. The molecule has 0 aliphatic carbocycles. The van der Waals surface area contributed by atoms with Gasteiger partial charge >= 0.3 is 5.97 Å². The standard InChI is InChI=1S/C14H15NO4/c1-3-18-13(17)12-14(2,19-12)9-4-5-10-8(6-9)7-11(16)15-10/h4-6,12H,3,7H2,1-2H3,(H,15,16). The first-order valence-corrected chi connectivity index (χ1v) is 6.32. The summed E-state index contributed by atoms with van der Waals surface area (Å²) in [5.74, 6) is -0.337. The molecule has 1 aromatic rings. The number of ether oxygens (including phenoxy) is 2. The number of rotatable bonds is 3. The highest BCUT2D eigenvalue weighted by atomic mass is 16.7. The van der Waals surface area contributed by atoms with Crippen molar-refractivity contribution in [3.63, 3.8) is 0 Å². The zero-order chi connectivity index (χ0) is 13.6. The summed E-state index contributed by atoms with van der Waals surface area (Å²) < 4.78 is 10.5. The van der Waals surface area contributed by atoms with Gasteiger partial charge in [0.1, 0.15) is 5.60 Å². The molecule has 2 aliphatic heterocycles. The molecule has 1 N–H and O–H groups in total. The van der Waals surface area contributed by atoms with Crippen LogP contribution in [0.1, 0.15) is 25.0 Å². The molecule has 1 amide bonds. The van der Waals surface area contributed by atoms with Crippen LogP contribution in [0.25, 0.3) is 0 Å². The van der Waals surface area contributed by atoms with Crippen molar-refractivity contribution >= 4 is 17.6 Å². The van der Waals surface area contributed by atoms with E-state index in [9.17, 15) is 9.59 Å². The summed E-state index contributed by atoms with van der Waals surface area (Å²) in [6, 6.07) is 5.65. The van der Waals surface area contributed by atoms with Crippen molar-refractivity contribution in [3.05, 3.63) is 29.3 Å². The molecule has 2 unspecified atom stereocenters. The Hall–Kier alpha value is -1.88. The highest BCUT2D eigenvalue weighted by Crippen LogP contribution is 2.47. The van der Waals surface area contributed by atoms with E-state index in [1.807, 2.05) is 25.1 Å². The molecule has 19 heavy (non-hydrogen) atoms. The van der Waals surface area contributed by atoms with E-state index in [2.05, 4.69) is 5.32 Å². The van der Waals surface area contributed by atoms with Gasteiger partial charge in [-0.05, 0) is 31.0 Å². The Morgan fingerprint density at radius 1 is 1.58 bits per heavy atom. The van der Waals surface area contributed by atoms with Crippen molar-refractivity contribution in [2.24, 2.45) is 0 Å². The predicted molar refractivity (Wildman–Crippen MR) is 67.6 cm³/mol. The molecule has 0 radical (unpaired) electrons.